The lowest BCUT2D eigenvalue weighted by atomic mass is 9.70. The quantitative estimate of drug-likeness (QED) is 0.462. The van der Waals surface area contributed by atoms with Crippen molar-refractivity contribution in [2.45, 2.75) is 32.8 Å². The van der Waals surface area contributed by atoms with E-state index in [-0.39, 0.29) is 5.78 Å². The van der Waals surface area contributed by atoms with Gasteiger partial charge in [-0.25, -0.2) is 0 Å². The SMILES string of the molecule is CC[C@H](C(=O)c1ccc(Cl)cc1)[C@@H]1[C@@H](C(=O)OC)C(=O)OC1(C)C. The highest BCUT2D eigenvalue weighted by Crippen LogP contribution is 2.44. The van der Waals surface area contributed by atoms with E-state index in [4.69, 9.17) is 21.1 Å². The lowest BCUT2D eigenvalue weighted by molar-refractivity contribution is -0.156. The third kappa shape index (κ3) is 3.31. The Morgan fingerprint density at radius 1 is 1.29 bits per heavy atom. The molecule has 0 aromatic heterocycles. The number of ether oxygens (including phenoxy) is 2. The maximum Gasteiger partial charge on any atom is 0.321 e. The monoisotopic (exact) mass is 352 g/mol. The molecule has 0 saturated carbocycles. The van der Waals surface area contributed by atoms with E-state index in [9.17, 15) is 14.4 Å². The van der Waals surface area contributed by atoms with Crippen LogP contribution >= 0.6 is 11.6 Å². The van der Waals surface area contributed by atoms with E-state index >= 15 is 0 Å². The van der Waals surface area contributed by atoms with Crippen LogP contribution in [0.25, 0.3) is 0 Å². The zero-order valence-electron chi connectivity index (χ0n) is 14.2. The zero-order valence-corrected chi connectivity index (χ0v) is 14.9. The van der Waals surface area contributed by atoms with Gasteiger partial charge in [0.2, 0.25) is 0 Å². The highest BCUT2D eigenvalue weighted by molar-refractivity contribution is 6.30. The summed E-state index contributed by atoms with van der Waals surface area (Å²) in [4.78, 5) is 37.2. The summed E-state index contributed by atoms with van der Waals surface area (Å²) in [6, 6.07) is 6.57. The summed E-state index contributed by atoms with van der Waals surface area (Å²) in [5, 5.41) is 0.534. The van der Waals surface area contributed by atoms with Crippen LogP contribution in [0.2, 0.25) is 5.02 Å². The minimum absolute atomic E-state index is 0.139. The molecule has 1 saturated heterocycles. The van der Waals surface area contributed by atoms with Crippen molar-refractivity contribution >= 4 is 29.3 Å². The maximum atomic E-state index is 13.0. The molecule has 3 atom stereocenters. The molecule has 1 fully saturated rings. The van der Waals surface area contributed by atoms with Gasteiger partial charge in [0, 0.05) is 22.4 Å². The Morgan fingerprint density at radius 2 is 1.88 bits per heavy atom. The number of carbonyl (C=O) groups excluding carboxylic acids is 3. The maximum absolute atomic E-state index is 13.0. The first-order valence-corrected chi connectivity index (χ1v) is 8.21. The molecule has 1 aliphatic rings. The van der Waals surface area contributed by atoms with Crippen LogP contribution in [0.5, 0.6) is 0 Å². The highest BCUT2D eigenvalue weighted by Gasteiger charge is 2.57. The highest BCUT2D eigenvalue weighted by atomic mass is 35.5. The number of rotatable bonds is 5. The third-order valence-corrected chi connectivity index (χ3v) is 4.83. The van der Waals surface area contributed by atoms with Crippen molar-refractivity contribution in [3.63, 3.8) is 0 Å². The number of hydrogen-bond donors (Lipinski definition) is 0. The molecule has 130 valence electrons. The number of benzene rings is 1. The van der Waals surface area contributed by atoms with Crippen LogP contribution in [0.15, 0.2) is 24.3 Å². The first-order chi connectivity index (χ1) is 11.2. The first-order valence-electron chi connectivity index (χ1n) is 7.83. The smallest absolute Gasteiger partial charge is 0.321 e. The van der Waals surface area contributed by atoms with Crippen molar-refractivity contribution in [1.29, 1.82) is 0 Å². The number of ketones is 1. The normalized spacial score (nSPS) is 23.5. The fourth-order valence-corrected chi connectivity index (χ4v) is 3.58. The van der Waals surface area contributed by atoms with E-state index in [1.807, 2.05) is 6.92 Å². The third-order valence-electron chi connectivity index (χ3n) is 4.57. The van der Waals surface area contributed by atoms with Gasteiger partial charge in [0.25, 0.3) is 0 Å². The van der Waals surface area contributed by atoms with E-state index in [2.05, 4.69) is 0 Å². The standard InChI is InChI=1S/C18H21ClO5/c1-5-12(15(20)10-6-8-11(19)9-7-10)14-13(16(21)23-4)17(22)24-18(14,2)3/h6-9,12-14H,5H2,1-4H3/t12-,13-,14+/m0/s1. The van der Waals surface area contributed by atoms with Gasteiger partial charge in [-0.15, -0.1) is 0 Å². The predicted octanol–water partition coefficient (Wildman–Crippen LogP) is 3.29. The minimum atomic E-state index is -1.09. The van der Waals surface area contributed by atoms with E-state index in [0.29, 0.717) is 17.0 Å². The largest absolute Gasteiger partial charge is 0.468 e. The molecule has 0 radical (unpaired) electrons. The first kappa shape index (κ1) is 18.5. The molecule has 5 nitrogen and oxygen atoms in total. The Kier molecular flexibility index (Phi) is 5.33. The Balaban J connectivity index is 2.42. The zero-order chi connectivity index (χ0) is 18.1. The lowest BCUT2D eigenvalue weighted by Gasteiger charge is -2.32. The van der Waals surface area contributed by atoms with Gasteiger partial charge in [0.05, 0.1) is 7.11 Å². The van der Waals surface area contributed by atoms with Gasteiger partial charge in [0.1, 0.15) is 5.60 Å². The number of carbonyl (C=O) groups is 3. The van der Waals surface area contributed by atoms with E-state index < -0.39 is 35.3 Å². The number of Topliss-reactive ketones (excluding diaryl/α,β-unsaturated/α-hetero) is 1. The molecule has 0 spiro atoms. The van der Waals surface area contributed by atoms with Crippen molar-refractivity contribution in [2.24, 2.45) is 17.8 Å². The fourth-order valence-electron chi connectivity index (χ4n) is 3.46. The second-order valence-electron chi connectivity index (χ2n) is 6.44. The van der Waals surface area contributed by atoms with Gasteiger partial charge in [-0.3, -0.25) is 14.4 Å². The average molecular weight is 353 g/mol. The predicted molar refractivity (Wildman–Crippen MR) is 88.7 cm³/mol. The second kappa shape index (κ2) is 6.93. The number of hydrogen-bond acceptors (Lipinski definition) is 5. The van der Waals surface area contributed by atoms with Crippen LogP contribution in [0.3, 0.4) is 0 Å². The minimum Gasteiger partial charge on any atom is -0.468 e. The fraction of sp³-hybridized carbons (Fsp3) is 0.500. The number of halogens is 1. The number of esters is 2. The summed E-state index contributed by atoms with van der Waals surface area (Å²) < 4.78 is 10.1. The molecular formula is C18H21ClO5. The molecule has 0 bridgehead atoms. The molecule has 1 aromatic rings. The van der Waals surface area contributed by atoms with Crippen LogP contribution in [0, 0.1) is 17.8 Å². The van der Waals surface area contributed by atoms with E-state index in [1.165, 1.54) is 7.11 Å². The lowest BCUT2D eigenvalue weighted by Crippen LogP contribution is -2.42. The number of cyclic esters (lactones) is 1. The van der Waals surface area contributed by atoms with Gasteiger partial charge < -0.3 is 9.47 Å². The van der Waals surface area contributed by atoms with Gasteiger partial charge in [0.15, 0.2) is 11.7 Å². The van der Waals surface area contributed by atoms with Gasteiger partial charge in [-0.05, 0) is 44.5 Å². The molecule has 1 heterocycles. The second-order valence-corrected chi connectivity index (χ2v) is 6.87. The van der Waals surface area contributed by atoms with Crippen molar-refractivity contribution in [3.05, 3.63) is 34.9 Å². The van der Waals surface area contributed by atoms with Crippen molar-refractivity contribution in [3.8, 4) is 0 Å². The van der Waals surface area contributed by atoms with Crippen LogP contribution in [0.4, 0.5) is 0 Å². The van der Waals surface area contributed by atoms with Crippen molar-refractivity contribution in [2.75, 3.05) is 7.11 Å². The Morgan fingerprint density at radius 3 is 2.38 bits per heavy atom. The Bertz CT molecular complexity index is 650. The van der Waals surface area contributed by atoms with Crippen molar-refractivity contribution in [1.82, 2.24) is 0 Å². The molecule has 0 aliphatic carbocycles. The summed E-state index contributed by atoms with van der Waals surface area (Å²) in [6.45, 7) is 5.29. The van der Waals surface area contributed by atoms with Crippen LogP contribution < -0.4 is 0 Å². The summed E-state index contributed by atoms with van der Waals surface area (Å²) in [5.41, 5.74) is -0.441. The van der Waals surface area contributed by atoms with Crippen LogP contribution in [-0.4, -0.2) is 30.4 Å². The van der Waals surface area contributed by atoms with Gasteiger partial charge in [-0.2, -0.15) is 0 Å². The summed E-state index contributed by atoms with van der Waals surface area (Å²) >= 11 is 5.87. The molecule has 0 N–H and O–H groups in total. The van der Waals surface area contributed by atoms with E-state index in [1.54, 1.807) is 38.1 Å². The van der Waals surface area contributed by atoms with Gasteiger partial charge >= 0.3 is 11.9 Å². The molecular weight excluding hydrogens is 332 g/mol. The van der Waals surface area contributed by atoms with E-state index in [0.717, 1.165) is 0 Å². The molecule has 1 aromatic carbocycles. The van der Waals surface area contributed by atoms with Crippen LogP contribution in [0.1, 0.15) is 37.6 Å². The molecule has 6 heteroatoms. The molecule has 2 rings (SSSR count). The Labute approximate surface area is 146 Å². The van der Waals surface area contributed by atoms with Crippen molar-refractivity contribution < 1.29 is 23.9 Å². The molecule has 24 heavy (non-hydrogen) atoms. The summed E-state index contributed by atoms with van der Waals surface area (Å²) in [7, 11) is 1.22. The molecule has 1 aliphatic heterocycles. The number of methoxy groups -OCH3 is 1. The summed E-state index contributed by atoms with van der Waals surface area (Å²) in [5.74, 6) is -3.68. The Hall–Kier alpha value is -1.88. The topological polar surface area (TPSA) is 69.7 Å². The molecule has 0 amide bonds. The molecule has 0 unspecified atom stereocenters. The van der Waals surface area contributed by atoms with Gasteiger partial charge in [-0.1, -0.05) is 18.5 Å². The summed E-state index contributed by atoms with van der Waals surface area (Å²) in [6.07, 6.45) is 0.472. The average Bonchev–Trinajstić information content (AvgIpc) is 2.77. The van der Waals surface area contributed by atoms with Crippen LogP contribution in [-0.2, 0) is 19.1 Å².